The molecule has 3 amide bonds. The zero-order valence-electron chi connectivity index (χ0n) is 58.1. The quantitative estimate of drug-likeness (QED) is 0.0346. The first-order valence-electron chi connectivity index (χ1n) is 34.6. The van der Waals surface area contributed by atoms with Crippen LogP contribution in [0.3, 0.4) is 0 Å². The van der Waals surface area contributed by atoms with Crippen molar-refractivity contribution in [2.45, 2.75) is 297 Å². The van der Waals surface area contributed by atoms with Gasteiger partial charge in [-0.05, 0) is 0 Å². The predicted octanol–water partition coefficient (Wildman–Crippen LogP) is -20.2. The average Bonchev–Trinajstić information content (AvgIpc) is 0.766. The van der Waals surface area contributed by atoms with Crippen LogP contribution in [0.4, 0.5) is 0 Å². The lowest BCUT2D eigenvalue weighted by molar-refractivity contribution is -0.398. The Kier molecular flexibility index (Phi) is 32.1. The molecule has 49 heteroatoms. The number of nitrogens with one attached hydrogen (secondary N) is 3. The van der Waals surface area contributed by atoms with Crippen LogP contribution in [0.1, 0.15) is 20.8 Å². The van der Waals surface area contributed by atoms with E-state index in [-0.39, 0.29) is 0 Å². The van der Waals surface area contributed by atoms with E-state index >= 15 is 0 Å². The number of hydrogen-bond donors (Lipinski definition) is 29. The van der Waals surface area contributed by atoms with Crippen molar-refractivity contribution in [1.29, 1.82) is 0 Å². The van der Waals surface area contributed by atoms with Gasteiger partial charge in [0, 0.05) is 20.8 Å². The first-order chi connectivity index (χ1) is 51.6. The zero-order chi connectivity index (χ0) is 80.2. The standard InChI is InChI=1S/C60H101N3O46/c1-13(71)61-25-34(80)46(20(8-68)95-52(25)92)104-53-26(62-14(2)72)35(81)48(22(10-70)100-53)106-59-45(91)50(108-60-51(40(86)31(77)19(7-67)99-60)109-54-27(63-15(3)73)36(82)47(21(9-69)101-54)105-57-42(88)38(84)29(75)17(5-65)97-57)33(79)24(103-59)12-94-56-44(90)49(107-58-43(89)39(85)30(76)18(6-66)98-58)32(78)23(102-56)11-93-55-41(87)37(83)28(74)16(4-64)96-55/h16-60,64-70,74-92H,4-12H2,1-3H3,(H,61,71)(H,62,72)(H,63,73)/t16?,17?,18?,19?,20?,21?,22?,23?,24?,25?,26?,27?,28?,29-,30?,31?,32?,33?,34+,35+,36+,37-,38-,39?,40?,41?,42?,43?,44?,45?,46?,47?,48?,49-,50-,51?,52?,53?,54?,55?,56?,57?,58?,59?,60?/m0/s1. The topological polar surface area (TPSA) is 770 Å². The Bertz CT molecular complexity index is 2840. The maximum Gasteiger partial charge on any atom is 0.217 e. The lowest BCUT2D eigenvalue weighted by atomic mass is 9.93. The molecule has 0 aromatic heterocycles. The monoisotopic (exact) mass is 1600 g/mol. The number of aliphatic hydroxyl groups excluding tert-OH is 26. The van der Waals surface area contributed by atoms with Crippen molar-refractivity contribution >= 4 is 17.7 Å². The molecule has 9 aliphatic heterocycles. The van der Waals surface area contributed by atoms with E-state index in [1.165, 1.54) is 0 Å². The van der Waals surface area contributed by atoms with Crippen molar-refractivity contribution in [3.63, 3.8) is 0 Å². The van der Waals surface area contributed by atoms with Gasteiger partial charge in [0.15, 0.2) is 56.6 Å². The van der Waals surface area contributed by atoms with Crippen molar-refractivity contribution < 1.29 is 228 Å². The molecular formula is C60H101N3O46. The molecule has 0 radical (unpaired) electrons. The zero-order valence-corrected chi connectivity index (χ0v) is 58.1. The van der Waals surface area contributed by atoms with Gasteiger partial charge in [0.05, 0.1) is 59.5 Å². The van der Waals surface area contributed by atoms with Crippen molar-refractivity contribution in [1.82, 2.24) is 16.0 Å². The maximum atomic E-state index is 13.0. The fourth-order valence-electron chi connectivity index (χ4n) is 14.0. The first-order valence-corrected chi connectivity index (χ1v) is 34.6. The van der Waals surface area contributed by atoms with Gasteiger partial charge in [-0.25, -0.2) is 0 Å². The number of hydrogen-bond acceptors (Lipinski definition) is 46. The number of amides is 3. The highest BCUT2D eigenvalue weighted by atomic mass is 16.8. The SMILES string of the molecule is CC(=O)NC1C(O)OC(CO)C(OC2OC(CO)C(OC3OC(COC4OC(COC5OC(CO)C(O)[C@H](O)C5O)C(O)[C@H](OC5OC(CO)C(O)C(O)C5O)C4O)C(O)[C@H](OC4OC(CO)C(O)C(O)C4OC4OC(CO)C(OC5OC(CO)[C@H](O)[C@H](O)C5O)[C@H](O)C4NC(C)=O)C3O)[C@H](O)C2NC(C)=O)[C@@H]1O. The molecule has 0 aromatic rings. The molecule has 9 saturated heterocycles. The lowest BCUT2D eigenvalue weighted by Gasteiger charge is -2.51. The van der Waals surface area contributed by atoms with Gasteiger partial charge in [-0.3, -0.25) is 14.4 Å². The Balaban J connectivity index is 1.05. The second-order valence-electron chi connectivity index (χ2n) is 27.5. The first kappa shape index (κ1) is 89.6. The molecule has 9 heterocycles. The normalized spacial score (nSPS) is 50.0. The molecule has 49 nitrogen and oxygen atoms in total. The summed E-state index contributed by atoms with van der Waals surface area (Å²) in [5.41, 5.74) is 0. The molecule has 0 aliphatic carbocycles. The maximum absolute atomic E-state index is 13.0. The van der Waals surface area contributed by atoms with Crippen LogP contribution >= 0.6 is 0 Å². The van der Waals surface area contributed by atoms with E-state index in [1.807, 2.05) is 0 Å². The Hall–Kier alpha value is -3.31. The summed E-state index contributed by atoms with van der Waals surface area (Å²) < 4.78 is 99.4. The van der Waals surface area contributed by atoms with Gasteiger partial charge >= 0.3 is 0 Å². The van der Waals surface area contributed by atoms with Crippen LogP contribution in [0.5, 0.6) is 0 Å². The largest absolute Gasteiger partial charge is 0.394 e. The Labute approximate surface area is 616 Å². The molecule has 9 rings (SSSR count). The summed E-state index contributed by atoms with van der Waals surface area (Å²) in [6.07, 6.45) is -87.5. The summed E-state index contributed by atoms with van der Waals surface area (Å²) in [7, 11) is 0. The summed E-state index contributed by atoms with van der Waals surface area (Å²) >= 11 is 0. The molecule has 0 saturated carbocycles. The summed E-state index contributed by atoms with van der Waals surface area (Å²) in [4.78, 5) is 38.0. The highest BCUT2D eigenvalue weighted by Crippen LogP contribution is 2.40. The fourth-order valence-corrected chi connectivity index (χ4v) is 14.0. The second-order valence-corrected chi connectivity index (χ2v) is 27.5. The Morgan fingerprint density at radius 3 is 0.890 bits per heavy atom. The van der Waals surface area contributed by atoms with Crippen molar-refractivity contribution in [2.75, 3.05) is 59.5 Å². The lowest BCUT2D eigenvalue weighted by Crippen LogP contribution is -2.71. The van der Waals surface area contributed by atoms with Crippen molar-refractivity contribution in [3.8, 4) is 0 Å². The third-order valence-electron chi connectivity index (χ3n) is 19.9. The molecular weight excluding hydrogens is 1500 g/mol. The number of ether oxygens (including phenoxy) is 17. The van der Waals surface area contributed by atoms with E-state index in [0.717, 1.165) is 20.8 Å². The second kappa shape index (κ2) is 39.1. The van der Waals surface area contributed by atoms with E-state index in [9.17, 15) is 147 Å². The molecule has 632 valence electrons. The van der Waals surface area contributed by atoms with E-state index < -0.39 is 353 Å². The molecule has 29 N–H and O–H groups in total. The van der Waals surface area contributed by atoms with Gasteiger partial charge in [-0.1, -0.05) is 0 Å². The number of carbonyl (C=O) groups excluding carboxylic acids is 3. The van der Waals surface area contributed by atoms with Crippen molar-refractivity contribution in [2.24, 2.45) is 0 Å². The molecule has 0 bridgehead atoms. The number of aliphatic hydroxyl groups is 26. The van der Waals surface area contributed by atoms with Crippen LogP contribution < -0.4 is 16.0 Å². The third-order valence-corrected chi connectivity index (χ3v) is 19.9. The van der Waals surface area contributed by atoms with E-state index in [2.05, 4.69) is 16.0 Å². The highest BCUT2D eigenvalue weighted by molar-refractivity contribution is 5.74. The molecule has 0 aromatic carbocycles. The molecule has 109 heavy (non-hydrogen) atoms. The van der Waals surface area contributed by atoms with E-state index in [4.69, 9.17) is 80.5 Å². The van der Waals surface area contributed by atoms with Gasteiger partial charge < -0.3 is 229 Å². The van der Waals surface area contributed by atoms with Gasteiger partial charge in [0.1, 0.15) is 220 Å². The summed E-state index contributed by atoms with van der Waals surface area (Å²) in [6, 6.07) is -5.52. The molecule has 0 spiro atoms. The summed E-state index contributed by atoms with van der Waals surface area (Å²) in [6.45, 7) is -6.75. The van der Waals surface area contributed by atoms with Crippen LogP contribution in [0.25, 0.3) is 0 Å². The molecule has 9 aliphatic rings. The van der Waals surface area contributed by atoms with Crippen LogP contribution in [0.15, 0.2) is 0 Å². The van der Waals surface area contributed by atoms with E-state index in [1.54, 1.807) is 0 Å². The minimum absolute atomic E-state index is 0.787. The Morgan fingerprint density at radius 1 is 0.239 bits per heavy atom. The molecule has 9 fully saturated rings. The van der Waals surface area contributed by atoms with Gasteiger partial charge in [0.25, 0.3) is 0 Å². The molecule has 37 unspecified atom stereocenters. The Morgan fingerprint density at radius 2 is 0.495 bits per heavy atom. The number of carbonyl (C=O) groups is 3. The van der Waals surface area contributed by atoms with Gasteiger partial charge in [-0.2, -0.15) is 0 Å². The van der Waals surface area contributed by atoms with Crippen LogP contribution in [-0.2, 0) is 94.9 Å². The minimum atomic E-state index is -2.57. The predicted molar refractivity (Wildman–Crippen MR) is 332 cm³/mol. The summed E-state index contributed by atoms with van der Waals surface area (Å²) in [5, 5.41) is 294. The molecule has 45 atom stereocenters. The van der Waals surface area contributed by atoms with Gasteiger partial charge in [0.2, 0.25) is 17.7 Å². The van der Waals surface area contributed by atoms with Gasteiger partial charge in [-0.15, -0.1) is 0 Å². The summed E-state index contributed by atoms with van der Waals surface area (Å²) in [5.74, 6) is -2.69. The smallest absolute Gasteiger partial charge is 0.217 e. The van der Waals surface area contributed by atoms with Crippen LogP contribution in [0, 0.1) is 0 Å². The van der Waals surface area contributed by atoms with Crippen molar-refractivity contribution in [3.05, 3.63) is 0 Å². The van der Waals surface area contributed by atoms with E-state index in [0.29, 0.717) is 0 Å². The van der Waals surface area contributed by atoms with Crippen LogP contribution in [-0.4, -0.2) is 486 Å². The fraction of sp³-hybridized carbons (Fsp3) is 0.950. The average molecular weight is 1600 g/mol. The third kappa shape index (κ3) is 19.7. The van der Waals surface area contributed by atoms with Crippen LogP contribution in [0.2, 0.25) is 0 Å². The minimum Gasteiger partial charge on any atom is -0.394 e. The number of rotatable bonds is 28. The highest BCUT2D eigenvalue weighted by Gasteiger charge is 2.61.